The summed E-state index contributed by atoms with van der Waals surface area (Å²) in [5, 5.41) is 23.2. The van der Waals surface area contributed by atoms with Crippen LogP contribution in [0, 0.1) is 29.6 Å². The van der Waals surface area contributed by atoms with Crippen LogP contribution < -0.4 is 10.6 Å². The van der Waals surface area contributed by atoms with Crippen LogP contribution in [0.1, 0.15) is 41.9 Å². The van der Waals surface area contributed by atoms with Gasteiger partial charge in [-0.05, 0) is 86.0 Å². The summed E-state index contributed by atoms with van der Waals surface area (Å²) in [5.74, 6) is 0.0108. The zero-order valence-electron chi connectivity index (χ0n) is 22.8. The minimum Gasteiger partial charge on any atom is -0.388 e. The summed E-state index contributed by atoms with van der Waals surface area (Å²) in [7, 11) is 1.89. The summed E-state index contributed by atoms with van der Waals surface area (Å²) < 4.78 is 0. The predicted molar refractivity (Wildman–Crippen MR) is 154 cm³/mol. The predicted octanol–water partition coefficient (Wildman–Crippen LogP) is 5.71. The van der Waals surface area contributed by atoms with Gasteiger partial charge in [0, 0.05) is 42.5 Å². The number of carbonyl (C=O) groups excluding carboxylic acids is 2. The molecule has 40 heavy (non-hydrogen) atoms. The number of carbonyl (C=O) groups is 2. The smallest absolute Gasteiger partial charge is 0.239 e. The molecule has 0 saturated heterocycles. The highest BCUT2D eigenvalue weighted by Crippen LogP contribution is 2.29. The molecule has 0 aliphatic carbocycles. The Morgan fingerprint density at radius 3 is 2.38 bits per heavy atom. The first-order chi connectivity index (χ1) is 19.2. The van der Waals surface area contributed by atoms with Crippen LogP contribution >= 0.6 is 0 Å². The fraction of sp³-hybridized carbons (Fsp3) is 0.194. The number of nitriles is 2. The molecule has 0 radical (unpaired) electrons. The van der Waals surface area contributed by atoms with Crippen molar-refractivity contribution in [3.63, 3.8) is 0 Å². The van der Waals surface area contributed by atoms with Crippen molar-refractivity contribution >= 4 is 23.7 Å². The van der Waals surface area contributed by atoms with Crippen molar-refractivity contribution in [2.24, 2.45) is 0 Å². The number of anilines is 2. The van der Waals surface area contributed by atoms with Crippen molar-refractivity contribution in [2.45, 2.75) is 32.6 Å². The molecule has 1 aromatic carbocycles. The molecule has 0 bridgehead atoms. The summed E-state index contributed by atoms with van der Waals surface area (Å²) in [4.78, 5) is 34.7. The average Bonchev–Trinajstić information content (AvgIpc) is 2.98. The summed E-state index contributed by atoms with van der Waals surface area (Å²) in [6.45, 7) is 5.61. The highest BCUT2D eigenvalue weighted by molar-refractivity contribution is 5.91. The molecule has 2 N–H and O–H groups in total. The molecule has 0 aliphatic heterocycles. The Bertz CT molecular complexity index is 1600. The van der Waals surface area contributed by atoms with Crippen molar-refractivity contribution in [1.82, 2.24) is 15.0 Å². The third kappa shape index (κ3) is 7.56. The van der Waals surface area contributed by atoms with E-state index in [1.807, 2.05) is 37.4 Å². The molecular weight excluding hydrogens is 502 g/mol. The van der Waals surface area contributed by atoms with E-state index in [0.717, 1.165) is 34.4 Å². The number of aryl methyl sites for hydroxylation is 1. The van der Waals surface area contributed by atoms with E-state index >= 15 is 0 Å². The van der Waals surface area contributed by atoms with Crippen LogP contribution in [0.3, 0.4) is 0 Å². The molecule has 3 aromatic heterocycles. The van der Waals surface area contributed by atoms with Gasteiger partial charge in [0.25, 0.3) is 0 Å². The van der Waals surface area contributed by atoms with E-state index in [2.05, 4.69) is 50.7 Å². The topological polar surface area (TPSA) is 144 Å². The Kier molecular flexibility index (Phi) is 9.77. The molecule has 4 rings (SSSR count). The number of benzene rings is 1. The second-order valence-electron chi connectivity index (χ2n) is 9.35. The maximum atomic E-state index is 11.6. The van der Waals surface area contributed by atoms with Crippen molar-refractivity contribution in [3.8, 4) is 34.5 Å². The molecule has 4 aromatic rings. The van der Waals surface area contributed by atoms with Crippen LogP contribution in [0.5, 0.6) is 0 Å². The minimum absolute atomic E-state index is 0.208. The first kappa shape index (κ1) is 29.2. The number of rotatable bonds is 7. The molecule has 3 heterocycles. The zero-order chi connectivity index (χ0) is 29.1. The van der Waals surface area contributed by atoms with Crippen molar-refractivity contribution < 1.29 is 9.59 Å². The van der Waals surface area contributed by atoms with E-state index in [1.165, 1.54) is 11.8 Å². The SMILES string of the molecule is CC(C)(C#N)c1cc(C=O)ccn1.CNc1ccc(C)c(-c2ccnc(-c3ccnc(NC(=O)CC#N)c3)c2)c1. The van der Waals surface area contributed by atoms with Crippen LogP contribution in [-0.4, -0.2) is 34.2 Å². The molecule has 0 aliphatic rings. The summed E-state index contributed by atoms with van der Waals surface area (Å²) in [6, 6.07) is 21.0. The highest BCUT2D eigenvalue weighted by atomic mass is 16.1. The summed E-state index contributed by atoms with van der Waals surface area (Å²) >= 11 is 0. The van der Waals surface area contributed by atoms with Crippen LogP contribution in [0.2, 0.25) is 0 Å². The summed E-state index contributed by atoms with van der Waals surface area (Å²) in [5.41, 5.74) is 6.54. The number of nitrogens with zero attached hydrogens (tertiary/aromatic N) is 5. The Balaban J connectivity index is 0.000000285. The van der Waals surface area contributed by atoms with Crippen LogP contribution in [0.4, 0.5) is 11.5 Å². The highest BCUT2D eigenvalue weighted by Gasteiger charge is 2.21. The quantitative estimate of drug-likeness (QED) is 0.289. The van der Waals surface area contributed by atoms with Crippen molar-refractivity contribution in [2.75, 3.05) is 17.7 Å². The number of aromatic nitrogens is 3. The standard InChI is InChI=1S/C21H19N5O.C10H10N2O/c1-14-3-4-17(23-2)13-18(14)15-6-9-24-19(11-15)16-7-10-25-20(12-16)26-21(27)5-8-22;1-10(2,7-11)9-5-8(6-13)3-4-12-9/h3-4,6-7,9-13,23H,5H2,1-2H3,(H,25,26,27);3-6H,1-2H3. The Labute approximate surface area is 233 Å². The Hall–Kier alpha value is -5.41. The van der Waals surface area contributed by atoms with Gasteiger partial charge in [-0.2, -0.15) is 10.5 Å². The van der Waals surface area contributed by atoms with Gasteiger partial charge in [0.1, 0.15) is 18.5 Å². The van der Waals surface area contributed by atoms with Gasteiger partial charge < -0.3 is 10.6 Å². The second kappa shape index (κ2) is 13.4. The molecular formula is C31H29N7O2. The number of aldehydes is 1. The molecule has 200 valence electrons. The second-order valence-corrected chi connectivity index (χ2v) is 9.35. The summed E-state index contributed by atoms with van der Waals surface area (Å²) in [6.07, 6.45) is 5.46. The van der Waals surface area contributed by atoms with Crippen molar-refractivity contribution in [3.05, 3.63) is 90.0 Å². The number of hydrogen-bond donors (Lipinski definition) is 2. The van der Waals surface area contributed by atoms with Gasteiger partial charge in [0.05, 0.1) is 28.9 Å². The maximum Gasteiger partial charge on any atom is 0.239 e. The van der Waals surface area contributed by atoms with E-state index in [9.17, 15) is 9.59 Å². The van der Waals surface area contributed by atoms with Crippen molar-refractivity contribution in [1.29, 1.82) is 10.5 Å². The van der Waals surface area contributed by atoms with Gasteiger partial charge in [-0.25, -0.2) is 4.98 Å². The van der Waals surface area contributed by atoms with Crippen LogP contribution in [0.15, 0.2) is 73.2 Å². The zero-order valence-corrected chi connectivity index (χ0v) is 22.8. The number of nitrogens with one attached hydrogen (secondary N) is 2. The maximum absolute atomic E-state index is 11.6. The molecule has 0 spiro atoms. The third-order valence-electron chi connectivity index (χ3n) is 6.00. The number of amides is 1. The number of hydrogen-bond acceptors (Lipinski definition) is 8. The first-order valence-corrected chi connectivity index (χ1v) is 12.4. The largest absolute Gasteiger partial charge is 0.388 e. The minimum atomic E-state index is -0.640. The fourth-order valence-electron chi connectivity index (χ4n) is 3.68. The van der Waals surface area contributed by atoms with Gasteiger partial charge in [-0.1, -0.05) is 6.07 Å². The molecule has 9 nitrogen and oxygen atoms in total. The first-order valence-electron chi connectivity index (χ1n) is 12.4. The molecule has 0 unspecified atom stereocenters. The third-order valence-corrected chi connectivity index (χ3v) is 6.00. The molecule has 0 fully saturated rings. The van der Waals surface area contributed by atoms with Gasteiger partial charge in [0.15, 0.2) is 0 Å². The van der Waals surface area contributed by atoms with Crippen LogP contribution in [0.25, 0.3) is 22.4 Å². The lowest BCUT2D eigenvalue weighted by molar-refractivity contribution is -0.115. The number of pyridine rings is 3. The average molecular weight is 532 g/mol. The Morgan fingerprint density at radius 1 is 0.950 bits per heavy atom. The van der Waals surface area contributed by atoms with E-state index in [0.29, 0.717) is 17.1 Å². The van der Waals surface area contributed by atoms with Gasteiger partial charge in [-0.15, -0.1) is 0 Å². The van der Waals surface area contributed by atoms with Gasteiger partial charge >= 0.3 is 0 Å². The molecule has 9 heteroatoms. The molecule has 0 atom stereocenters. The van der Waals surface area contributed by atoms with E-state index < -0.39 is 5.41 Å². The molecule has 0 saturated carbocycles. The van der Waals surface area contributed by atoms with Gasteiger partial charge in [0.2, 0.25) is 5.91 Å². The van der Waals surface area contributed by atoms with E-state index in [1.54, 1.807) is 44.4 Å². The lowest BCUT2D eigenvalue weighted by Crippen LogP contribution is -2.16. The normalized spacial score (nSPS) is 10.2. The Morgan fingerprint density at radius 2 is 1.68 bits per heavy atom. The van der Waals surface area contributed by atoms with Crippen LogP contribution in [-0.2, 0) is 10.2 Å². The lowest BCUT2D eigenvalue weighted by Gasteiger charge is -2.13. The monoisotopic (exact) mass is 531 g/mol. The fourth-order valence-corrected chi connectivity index (χ4v) is 3.68. The van der Waals surface area contributed by atoms with E-state index in [-0.39, 0.29) is 12.3 Å². The molecule has 1 amide bonds. The van der Waals surface area contributed by atoms with Gasteiger partial charge in [-0.3, -0.25) is 19.6 Å². The van der Waals surface area contributed by atoms with E-state index in [4.69, 9.17) is 10.5 Å². The lowest BCUT2D eigenvalue weighted by atomic mass is 9.90.